The molecule has 0 aliphatic carbocycles. The lowest BCUT2D eigenvalue weighted by Gasteiger charge is -2.22. The third-order valence-electron chi connectivity index (χ3n) is 3.43. The van der Waals surface area contributed by atoms with Gasteiger partial charge >= 0.3 is 0 Å². The van der Waals surface area contributed by atoms with E-state index in [1.54, 1.807) is 13.0 Å². The van der Waals surface area contributed by atoms with Gasteiger partial charge in [-0.05, 0) is 62.5 Å². The molecule has 0 aromatic heterocycles. The molecule has 1 heterocycles. The Kier molecular flexibility index (Phi) is 6.25. The van der Waals surface area contributed by atoms with Crippen molar-refractivity contribution >= 4 is 18.3 Å². The second-order valence-corrected chi connectivity index (χ2v) is 4.87. The van der Waals surface area contributed by atoms with Gasteiger partial charge in [0.1, 0.15) is 5.82 Å². The summed E-state index contributed by atoms with van der Waals surface area (Å²) in [4.78, 5) is 11.9. The van der Waals surface area contributed by atoms with Crippen molar-refractivity contribution < 1.29 is 9.18 Å². The molecule has 0 radical (unpaired) electrons. The van der Waals surface area contributed by atoms with Gasteiger partial charge in [0.2, 0.25) is 0 Å². The van der Waals surface area contributed by atoms with Crippen molar-refractivity contribution in [1.82, 2.24) is 10.6 Å². The van der Waals surface area contributed by atoms with Crippen molar-refractivity contribution in [3.8, 4) is 0 Å². The normalized spacial score (nSPS) is 15.7. The average Bonchev–Trinajstić information content (AvgIpc) is 2.40. The van der Waals surface area contributed by atoms with Gasteiger partial charge in [-0.1, -0.05) is 0 Å². The van der Waals surface area contributed by atoms with Gasteiger partial charge in [0, 0.05) is 12.1 Å². The summed E-state index contributed by atoms with van der Waals surface area (Å²) in [5.41, 5.74) is 1.03. The van der Waals surface area contributed by atoms with Gasteiger partial charge in [-0.2, -0.15) is 0 Å². The molecule has 1 aliphatic rings. The van der Waals surface area contributed by atoms with Crippen LogP contribution < -0.4 is 10.6 Å². The van der Waals surface area contributed by atoms with E-state index < -0.39 is 0 Å². The molecule has 0 saturated carbocycles. The summed E-state index contributed by atoms with van der Waals surface area (Å²) < 4.78 is 13.1. The number of piperidine rings is 1. The van der Waals surface area contributed by atoms with Gasteiger partial charge < -0.3 is 10.6 Å². The third kappa shape index (κ3) is 4.48. The number of hydrogen-bond donors (Lipinski definition) is 2. The van der Waals surface area contributed by atoms with Crippen molar-refractivity contribution in [3.63, 3.8) is 0 Å². The summed E-state index contributed by atoms with van der Waals surface area (Å²) >= 11 is 0. The number of amides is 1. The molecule has 1 saturated heterocycles. The largest absolute Gasteiger partial charge is 0.352 e. The first-order chi connectivity index (χ1) is 8.66. The molecule has 1 aromatic carbocycles. The molecule has 3 nitrogen and oxygen atoms in total. The van der Waals surface area contributed by atoms with Crippen LogP contribution in [0.2, 0.25) is 0 Å². The van der Waals surface area contributed by atoms with Crippen LogP contribution in [0.1, 0.15) is 28.8 Å². The maximum absolute atomic E-state index is 13.1. The summed E-state index contributed by atoms with van der Waals surface area (Å²) in [6.07, 6.45) is 2.20. The van der Waals surface area contributed by atoms with Crippen LogP contribution in [0.4, 0.5) is 4.39 Å². The SMILES string of the molecule is Cc1cc(C(=O)NCC2CCNCC2)ccc1F.Cl. The van der Waals surface area contributed by atoms with Crippen LogP contribution in [0.3, 0.4) is 0 Å². The summed E-state index contributed by atoms with van der Waals surface area (Å²) in [5, 5.41) is 6.22. The van der Waals surface area contributed by atoms with Crippen LogP contribution in [-0.2, 0) is 0 Å². The standard InChI is InChI=1S/C14H19FN2O.ClH/c1-10-8-12(2-3-13(10)15)14(18)17-9-11-4-6-16-7-5-11;/h2-3,8,11,16H,4-7,9H2,1H3,(H,17,18);1H. The third-order valence-corrected chi connectivity index (χ3v) is 3.43. The van der Waals surface area contributed by atoms with E-state index in [1.165, 1.54) is 12.1 Å². The maximum Gasteiger partial charge on any atom is 0.251 e. The highest BCUT2D eigenvalue weighted by atomic mass is 35.5. The summed E-state index contributed by atoms with van der Waals surface area (Å²) in [6, 6.07) is 4.46. The second-order valence-electron chi connectivity index (χ2n) is 4.87. The number of aryl methyl sites for hydroxylation is 1. The molecule has 5 heteroatoms. The predicted octanol–water partition coefficient (Wildman–Crippen LogP) is 2.29. The van der Waals surface area contributed by atoms with E-state index in [0.717, 1.165) is 25.9 Å². The minimum absolute atomic E-state index is 0. The van der Waals surface area contributed by atoms with Crippen LogP contribution in [0.15, 0.2) is 18.2 Å². The first-order valence-electron chi connectivity index (χ1n) is 6.42. The average molecular weight is 287 g/mol. The molecule has 19 heavy (non-hydrogen) atoms. The lowest BCUT2D eigenvalue weighted by atomic mass is 9.98. The van der Waals surface area contributed by atoms with E-state index in [9.17, 15) is 9.18 Å². The number of halogens is 2. The quantitative estimate of drug-likeness (QED) is 0.895. The molecule has 0 bridgehead atoms. The van der Waals surface area contributed by atoms with E-state index in [1.807, 2.05) is 0 Å². The Hall–Kier alpha value is -1.13. The summed E-state index contributed by atoms with van der Waals surface area (Å²) in [7, 11) is 0. The minimum atomic E-state index is -0.273. The van der Waals surface area contributed by atoms with E-state index in [4.69, 9.17) is 0 Å². The fourth-order valence-electron chi connectivity index (χ4n) is 2.21. The van der Waals surface area contributed by atoms with Gasteiger partial charge in [-0.15, -0.1) is 12.4 Å². The molecule has 0 unspecified atom stereocenters. The topological polar surface area (TPSA) is 41.1 Å². The summed E-state index contributed by atoms with van der Waals surface area (Å²) in [6.45, 7) is 4.42. The van der Waals surface area contributed by atoms with E-state index in [2.05, 4.69) is 10.6 Å². The lowest BCUT2D eigenvalue weighted by molar-refractivity contribution is 0.0944. The lowest BCUT2D eigenvalue weighted by Crippen LogP contribution is -2.36. The fourth-order valence-corrected chi connectivity index (χ4v) is 2.21. The van der Waals surface area contributed by atoms with Crippen LogP contribution in [0.5, 0.6) is 0 Å². The van der Waals surface area contributed by atoms with Gasteiger partial charge in [0.15, 0.2) is 0 Å². The Labute approximate surface area is 119 Å². The number of carbonyl (C=O) groups is 1. The van der Waals surface area contributed by atoms with Crippen molar-refractivity contribution in [1.29, 1.82) is 0 Å². The van der Waals surface area contributed by atoms with Crippen LogP contribution in [-0.4, -0.2) is 25.5 Å². The zero-order valence-corrected chi connectivity index (χ0v) is 11.9. The molecule has 1 fully saturated rings. The first kappa shape index (κ1) is 15.9. The number of benzene rings is 1. The highest BCUT2D eigenvalue weighted by Crippen LogP contribution is 2.12. The van der Waals surface area contributed by atoms with Crippen LogP contribution in [0, 0.1) is 18.7 Å². The molecule has 1 aromatic rings. The molecule has 1 amide bonds. The smallest absolute Gasteiger partial charge is 0.251 e. The highest BCUT2D eigenvalue weighted by Gasteiger charge is 2.14. The zero-order valence-electron chi connectivity index (χ0n) is 11.0. The van der Waals surface area contributed by atoms with Crippen molar-refractivity contribution in [2.45, 2.75) is 19.8 Å². The fraction of sp³-hybridized carbons (Fsp3) is 0.500. The molecule has 1 aliphatic heterocycles. The van der Waals surface area contributed by atoms with Gasteiger partial charge in [0.25, 0.3) is 5.91 Å². The van der Waals surface area contributed by atoms with Crippen molar-refractivity contribution in [3.05, 3.63) is 35.1 Å². The molecule has 0 atom stereocenters. The van der Waals surface area contributed by atoms with Crippen LogP contribution in [0.25, 0.3) is 0 Å². The molecule has 0 spiro atoms. The van der Waals surface area contributed by atoms with Gasteiger partial charge in [-0.3, -0.25) is 4.79 Å². The minimum Gasteiger partial charge on any atom is -0.352 e. The highest BCUT2D eigenvalue weighted by molar-refractivity contribution is 5.94. The first-order valence-corrected chi connectivity index (χ1v) is 6.42. The second kappa shape index (κ2) is 7.46. The maximum atomic E-state index is 13.1. The Morgan fingerprint density at radius 3 is 2.74 bits per heavy atom. The number of nitrogens with one attached hydrogen (secondary N) is 2. The van der Waals surface area contributed by atoms with Crippen molar-refractivity contribution in [2.24, 2.45) is 5.92 Å². The Morgan fingerprint density at radius 1 is 1.42 bits per heavy atom. The molecule has 106 valence electrons. The number of hydrogen-bond acceptors (Lipinski definition) is 2. The van der Waals surface area contributed by atoms with Gasteiger partial charge in [-0.25, -0.2) is 4.39 Å². The number of carbonyl (C=O) groups excluding carboxylic acids is 1. The Bertz CT molecular complexity index is 433. The van der Waals surface area contributed by atoms with Gasteiger partial charge in [0.05, 0.1) is 0 Å². The Balaban J connectivity index is 0.00000180. The molecular formula is C14H20ClFN2O. The van der Waals surface area contributed by atoms with E-state index in [-0.39, 0.29) is 24.1 Å². The zero-order chi connectivity index (χ0) is 13.0. The van der Waals surface area contributed by atoms with E-state index >= 15 is 0 Å². The van der Waals surface area contributed by atoms with E-state index in [0.29, 0.717) is 23.6 Å². The van der Waals surface area contributed by atoms with Crippen molar-refractivity contribution in [2.75, 3.05) is 19.6 Å². The molecule has 2 rings (SSSR count). The summed E-state index contributed by atoms with van der Waals surface area (Å²) in [5.74, 6) is 0.165. The van der Waals surface area contributed by atoms with Crippen LogP contribution >= 0.6 is 12.4 Å². The Morgan fingerprint density at radius 2 is 2.11 bits per heavy atom. The number of rotatable bonds is 3. The molecular weight excluding hydrogens is 267 g/mol. The monoisotopic (exact) mass is 286 g/mol. The predicted molar refractivity (Wildman–Crippen MR) is 76.3 cm³/mol. The molecule has 2 N–H and O–H groups in total.